The van der Waals surface area contributed by atoms with Gasteiger partial charge in [-0.1, -0.05) is 11.6 Å². The lowest BCUT2D eigenvalue weighted by Crippen LogP contribution is -2.04. The summed E-state index contributed by atoms with van der Waals surface area (Å²) in [4.78, 5) is 0. The molecular formula is C11H3ClF2N4. The highest BCUT2D eigenvalue weighted by Crippen LogP contribution is 2.29. The molecule has 0 fully saturated rings. The molecule has 0 aliphatic heterocycles. The Bertz CT molecular complexity index is 631. The van der Waals surface area contributed by atoms with Gasteiger partial charge < -0.3 is 5.32 Å². The van der Waals surface area contributed by atoms with Crippen LogP contribution in [0.25, 0.3) is 0 Å². The first-order valence-electron chi connectivity index (χ1n) is 4.40. The fraction of sp³-hybridized carbons (Fsp3) is 0. The van der Waals surface area contributed by atoms with Gasteiger partial charge >= 0.3 is 0 Å². The van der Waals surface area contributed by atoms with E-state index in [4.69, 9.17) is 27.4 Å². The van der Waals surface area contributed by atoms with Crippen molar-refractivity contribution in [1.82, 2.24) is 0 Å². The summed E-state index contributed by atoms with van der Waals surface area (Å²) >= 11 is 5.52. The number of anilines is 1. The van der Waals surface area contributed by atoms with Crippen LogP contribution in [-0.2, 0) is 0 Å². The highest BCUT2D eigenvalue weighted by molar-refractivity contribution is 6.33. The first kappa shape index (κ1) is 13.4. The van der Waals surface area contributed by atoms with Crippen LogP contribution in [0.15, 0.2) is 23.4 Å². The van der Waals surface area contributed by atoms with Crippen molar-refractivity contribution in [2.24, 2.45) is 0 Å². The second-order valence-corrected chi connectivity index (χ2v) is 3.31. The van der Waals surface area contributed by atoms with Gasteiger partial charge in [0.05, 0.1) is 5.69 Å². The van der Waals surface area contributed by atoms with Crippen LogP contribution in [0, 0.1) is 45.6 Å². The molecule has 18 heavy (non-hydrogen) atoms. The number of rotatable bonds is 2. The summed E-state index contributed by atoms with van der Waals surface area (Å²) in [6.45, 7) is 0. The Balaban J connectivity index is 3.34. The zero-order valence-corrected chi connectivity index (χ0v) is 9.39. The average Bonchev–Trinajstić information content (AvgIpc) is 2.38. The van der Waals surface area contributed by atoms with Gasteiger partial charge in [0.25, 0.3) is 0 Å². The highest BCUT2D eigenvalue weighted by Gasteiger charge is 2.15. The monoisotopic (exact) mass is 264 g/mol. The summed E-state index contributed by atoms with van der Waals surface area (Å²) in [7, 11) is 0. The van der Waals surface area contributed by atoms with Gasteiger partial charge in [-0.25, -0.2) is 8.78 Å². The Kier molecular flexibility index (Phi) is 4.21. The average molecular weight is 265 g/mol. The predicted octanol–water partition coefficient (Wildman–Crippen LogP) is 2.85. The van der Waals surface area contributed by atoms with Gasteiger partial charge in [0, 0.05) is 0 Å². The van der Waals surface area contributed by atoms with Crippen molar-refractivity contribution >= 4 is 17.3 Å². The molecule has 0 unspecified atom stereocenters. The Hall–Kier alpha value is -2.62. The summed E-state index contributed by atoms with van der Waals surface area (Å²) in [5.74, 6) is -1.81. The summed E-state index contributed by atoms with van der Waals surface area (Å²) < 4.78 is 26.5. The third kappa shape index (κ3) is 2.55. The van der Waals surface area contributed by atoms with Crippen LogP contribution in [0.4, 0.5) is 14.5 Å². The lowest BCUT2D eigenvalue weighted by Gasteiger charge is -2.08. The van der Waals surface area contributed by atoms with Crippen molar-refractivity contribution in [2.45, 2.75) is 0 Å². The van der Waals surface area contributed by atoms with E-state index < -0.39 is 33.6 Å². The SMILES string of the molecule is N#CC(C#N)=C(C#N)Nc1c(F)ccc(F)c1Cl. The molecule has 0 amide bonds. The van der Waals surface area contributed by atoms with Gasteiger partial charge in [-0.2, -0.15) is 15.8 Å². The minimum atomic E-state index is -0.913. The molecule has 0 saturated carbocycles. The van der Waals surface area contributed by atoms with Crippen LogP contribution in [-0.4, -0.2) is 0 Å². The molecular weight excluding hydrogens is 262 g/mol. The molecule has 0 atom stereocenters. The molecule has 1 aromatic carbocycles. The number of allylic oxidation sites excluding steroid dienone is 2. The number of halogens is 3. The van der Waals surface area contributed by atoms with Gasteiger partial charge in [-0.05, 0) is 12.1 Å². The first-order chi connectivity index (χ1) is 8.54. The minimum Gasteiger partial charge on any atom is -0.341 e. The van der Waals surface area contributed by atoms with Gasteiger partial charge in [-0.3, -0.25) is 0 Å². The molecule has 0 aliphatic rings. The van der Waals surface area contributed by atoms with E-state index in [-0.39, 0.29) is 0 Å². The van der Waals surface area contributed by atoms with E-state index >= 15 is 0 Å². The standard InChI is InChI=1S/C11H3ClF2N4/c12-10-7(13)1-2-8(14)11(10)18-9(5-17)6(3-15)4-16/h1-2,18H. The van der Waals surface area contributed by atoms with Crippen molar-refractivity contribution in [2.75, 3.05) is 5.32 Å². The third-order valence-electron chi connectivity index (χ3n) is 1.88. The van der Waals surface area contributed by atoms with Gasteiger partial charge in [0.2, 0.25) is 0 Å². The Morgan fingerprint density at radius 1 is 1.06 bits per heavy atom. The lowest BCUT2D eigenvalue weighted by molar-refractivity contribution is 0.604. The summed E-state index contributed by atoms with van der Waals surface area (Å²) in [5.41, 5.74) is -1.57. The summed E-state index contributed by atoms with van der Waals surface area (Å²) in [5, 5.41) is 27.5. The molecule has 7 heteroatoms. The van der Waals surface area contributed by atoms with Crippen LogP contribution >= 0.6 is 11.6 Å². The zero-order valence-electron chi connectivity index (χ0n) is 8.63. The predicted molar refractivity (Wildman–Crippen MR) is 58.9 cm³/mol. The van der Waals surface area contributed by atoms with Crippen LogP contribution < -0.4 is 5.32 Å². The molecule has 0 saturated heterocycles. The molecule has 4 nitrogen and oxygen atoms in total. The number of hydrogen-bond acceptors (Lipinski definition) is 4. The van der Waals surface area contributed by atoms with Crippen molar-refractivity contribution in [3.63, 3.8) is 0 Å². The molecule has 1 rings (SSSR count). The van der Waals surface area contributed by atoms with Gasteiger partial charge in [0.1, 0.15) is 40.6 Å². The van der Waals surface area contributed by atoms with Crippen molar-refractivity contribution in [1.29, 1.82) is 15.8 Å². The molecule has 88 valence electrons. The van der Waals surface area contributed by atoms with Crippen molar-refractivity contribution < 1.29 is 8.78 Å². The van der Waals surface area contributed by atoms with Crippen LogP contribution in [0.3, 0.4) is 0 Å². The van der Waals surface area contributed by atoms with E-state index in [0.717, 1.165) is 12.1 Å². The minimum absolute atomic E-state index is 0.504. The molecule has 1 aromatic rings. The number of benzene rings is 1. The smallest absolute Gasteiger partial charge is 0.163 e. The maximum atomic E-state index is 13.4. The summed E-state index contributed by atoms with van der Waals surface area (Å²) in [6.07, 6.45) is 0. The van der Waals surface area contributed by atoms with E-state index in [2.05, 4.69) is 5.32 Å². The second kappa shape index (κ2) is 5.63. The van der Waals surface area contributed by atoms with E-state index in [9.17, 15) is 8.78 Å². The molecule has 0 spiro atoms. The number of hydrogen-bond donors (Lipinski definition) is 1. The normalized spacial score (nSPS) is 8.67. The highest BCUT2D eigenvalue weighted by atomic mass is 35.5. The van der Waals surface area contributed by atoms with Crippen molar-refractivity contribution in [3.8, 4) is 18.2 Å². The maximum absolute atomic E-state index is 13.4. The second-order valence-electron chi connectivity index (χ2n) is 2.93. The van der Waals surface area contributed by atoms with Crippen LogP contribution in [0.2, 0.25) is 5.02 Å². The summed E-state index contributed by atoms with van der Waals surface area (Å²) in [6, 6.07) is 6.02. The topological polar surface area (TPSA) is 83.4 Å². The first-order valence-corrected chi connectivity index (χ1v) is 4.78. The number of nitrogens with one attached hydrogen (secondary N) is 1. The fourth-order valence-electron chi connectivity index (χ4n) is 1.05. The maximum Gasteiger partial charge on any atom is 0.163 e. The quantitative estimate of drug-likeness (QED) is 0.657. The van der Waals surface area contributed by atoms with E-state index in [0.29, 0.717) is 0 Å². The molecule has 0 heterocycles. The van der Waals surface area contributed by atoms with Crippen molar-refractivity contribution in [3.05, 3.63) is 40.1 Å². The van der Waals surface area contributed by atoms with E-state index in [1.165, 1.54) is 18.2 Å². The Morgan fingerprint density at radius 3 is 2.11 bits per heavy atom. The van der Waals surface area contributed by atoms with Gasteiger partial charge in [-0.15, -0.1) is 0 Å². The number of nitrogens with zero attached hydrogens (tertiary/aromatic N) is 3. The van der Waals surface area contributed by atoms with E-state index in [1.54, 1.807) is 0 Å². The molecule has 0 bridgehead atoms. The van der Waals surface area contributed by atoms with Crippen LogP contribution in [0.1, 0.15) is 0 Å². The number of nitriles is 3. The molecule has 0 aromatic heterocycles. The lowest BCUT2D eigenvalue weighted by atomic mass is 10.2. The van der Waals surface area contributed by atoms with Crippen LogP contribution in [0.5, 0.6) is 0 Å². The fourth-order valence-corrected chi connectivity index (χ4v) is 1.25. The third-order valence-corrected chi connectivity index (χ3v) is 2.25. The van der Waals surface area contributed by atoms with Gasteiger partial charge in [0.15, 0.2) is 5.57 Å². The largest absolute Gasteiger partial charge is 0.341 e. The Labute approximate surface area is 106 Å². The molecule has 0 radical (unpaired) electrons. The molecule has 0 aliphatic carbocycles. The zero-order chi connectivity index (χ0) is 13.7. The van der Waals surface area contributed by atoms with E-state index in [1.807, 2.05) is 0 Å². The molecule has 1 N–H and O–H groups in total. The Morgan fingerprint density at radius 2 is 1.61 bits per heavy atom.